The number of carbonyl (C=O) groups is 1. The van der Waals surface area contributed by atoms with Gasteiger partial charge in [0.15, 0.2) is 0 Å². The molecule has 0 saturated heterocycles. The number of amides is 1. The molecular formula is C24H26N6O2. The van der Waals surface area contributed by atoms with Gasteiger partial charge in [0.25, 0.3) is 5.91 Å². The third-order valence-corrected chi connectivity index (χ3v) is 7.50. The van der Waals surface area contributed by atoms with Gasteiger partial charge in [0.05, 0.1) is 5.41 Å². The molecule has 0 spiro atoms. The van der Waals surface area contributed by atoms with Gasteiger partial charge in [-0.1, -0.05) is 5.16 Å². The van der Waals surface area contributed by atoms with Crippen molar-refractivity contribution in [2.45, 2.75) is 63.3 Å². The van der Waals surface area contributed by atoms with Gasteiger partial charge in [0.1, 0.15) is 11.5 Å². The lowest BCUT2D eigenvalue weighted by atomic mass is 9.46. The van der Waals surface area contributed by atoms with E-state index in [0.29, 0.717) is 35.1 Å². The highest BCUT2D eigenvalue weighted by molar-refractivity contribution is 5.92. The Morgan fingerprint density at radius 1 is 1.06 bits per heavy atom. The molecule has 3 heterocycles. The van der Waals surface area contributed by atoms with Crippen LogP contribution in [0.1, 0.15) is 66.4 Å². The molecule has 164 valence electrons. The fourth-order valence-corrected chi connectivity index (χ4v) is 6.70. The summed E-state index contributed by atoms with van der Waals surface area (Å²) in [6.07, 6.45) is 9.57. The van der Waals surface area contributed by atoms with Crippen molar-refractivity contribution in [3.63, 3.8) is 0 Å². The summed E-state index contributed by atoms with van der Waals surface area (Å²) < 4.78 is 5.86. The van der Waals surface area contributed by atoms with Crippen LogP contribution >= 0.6 is 0 Å². The zero-order valence-electron chi connectivity index (χ0n) is 18.3. The quantitative estimate of drug-likeness (QED) is 0.674. The maximum Gasteiger partial charge on any atom is 0.270 e. The van der Waals surface area contributed by atoms with Gasteiger partial charge in [0.2, 0.25) is 11.7 Å². The van der Waals surface area contributed by atoms with Crippen molar-refractivity contribution >= 4 is 5.91 Å². The number of hydrogen-bond acceptors (Lipinski definition) is 7. The van der Waals surface area contributed by atoms with E-state index in [0.717, 1.165) is 43.4 Å². The van der Waals surface area contributed by atoms with Crippen LogP contribution in [0, 0.1) is 25.7 Å². The van der Waals surface area contributed by atoms with Crippen LogP contribution in [-0.2, 0) is 5.41 Å². The number of aryl methyl sites for hydroxylation is 2. The first-order valence-corrected chi connectivity index (χ1v) is 11.3. The first-order chi connectivity index (χ1) is 15.4. The van der Waals surface area contributed by atoms with Crippen molar-refractivity contribution in [3.8, 4) is 11.4 Å². The SMILES string of the molecule is Cc1ccc(-c2noc(C34CC5CC(CC(NC(=O)c6ccnc(C)n6)(C5)C3)C4)n2)cn1. The van der Waals surface area contributed by atoms with Gasteiger partial charge in [-0.3, -0.25) is 9.78 Å². The monoisotopic (exact) mass is 430 g/mol. The second kappa shape index (κ2) is 6.92. The third kappa shape index (κ3) is 3.20. The fraction of sp³-hybridized carbons (Fsp3) is 0.500. The minimum atomic E-state index is -0.250. The Hall–Kier alpha value is -3.16. The number of hydrogen-bond donors (Lipinski definition) is 1. The summed E-state index contributed by atoms with van der Waals surface area (Å²) in [4.78, 5) is 30.7. The Labute approximate surface area is 186 Å². The number of nitrogens with one attached hydrogen (secondary N) is 1. The average molecular weight is 431 g/mol. The molecule has 1 N–H and O–H groups in total. The predicted molar refractivity (Wildman–Crippen MR) is 116 cm³/mol. The smallest absolute Gasteiger partial charge is 0.270 e. The molecule has 0 aliphatic heterocycles. The van der Waals surface area contributed by atoms with Crippen molar-refractivity contribution in [2.24, 2.45) is 11.8 Å². The van der Waals surface area contributed by atoms with E-state index in [9.17, 15) is 4.79 Å². The standard InChI is InChI=1S/C24H26N6O2/c1-14-3-4-18(12-26-14)20-28-22(32-30-20)23-8-16-7-17(9-23)11-24(10-16,13-23)29-21(31)19-5-6-25-15(2)27-19/h3-6,12,16-17H,7-11,13H2,1-2H3,(H,29,31). The third-order valence-electron chi connectivity index (χ3n) is 7.50. The molecule has 3 aromatic rings. The maximum absolute atomic E-state index is 13.1. The van der Waals surface area contributed by atoms with E-state index >= 15 is 0 Å². The minimum absolute atomic E-state index is 0.121. The number of nitrogens with zero attached hydrogens (tertiary/aromatic N) is 5. The Kier molecular flexibility index (Phi) is 4.22. The molecule has 4 fully saturated rings. The summed E-state index contributed by atoms with van der Waals surface area (Å²) >= 11 is 0. The van der Waals surface area contributed by atoms with E-state index < -0.39 is 0 Å². The topological polar surface area (TPSA) is 107 Å². The molecule has 4 saturated carbocycles. The zero-order chi connectivity index (χ0) is 21.9. The first kappa shape index (κ1) is 19.5. The highest BCUT2D eigenvalue weighted by atomic mass is 16.5. The van der Waals surface area contributed by atoms with E-state index in [-0.39, 0.29) is 16.9 Å². The lowest BCUT2D eigenvalue weighted by Crippen LogP contribution is -2.64. The van der Waals surface area contributed by atoms with Crippen LogP contribution in [0.4, 0.5) is 0 Å². The van der Waals surface area contributed by atoms with Gasteiger partial charge in [-0.25, -0.2) is 9.97 Å². The number of carbonyl (C=O) groups excluding carboxylic acids is 1. The Bertz CT molecular complexity index is 1170. The second-order valence-corrected chi connectivity index (χ2v) is 10.1. The second-order valence-electron chi connectivity index (χ2n) is 10.1. The van der Waals surface area contributed by atoms with Gasteiger partial charge in [-0.05, 0) is 82.4 Å². The molecule has 4 aliphatic rings. The largest absolute Gasteiger partial charge is 0.345 e. The molecule has 8 nitrogen and oxygen atoms in total. The fourth-order valence-electron chi connectivity index (χ4n) is 6.70. The van der Waals surface area contributed by atoms with Crippen LogP contribution in [0.25, 0.3) is 11.4 Å². The van der Waals surface area contributed by atoms with E-state index in [1.165, 1.54) is 6.42 Å². The Morgan fingerprint density at radius 2 is 1.88 bits per heavy atom. The molecule has 2 atom stereocenters. The van der Waals surface area contributed by atoms with Crippen LogP contribution in [0.2, 0.25) is 0 Å². The lowest BCUT2D eigenvalue weighted by Gasteiger charge is -2.60. The molecule has 4 bridgehead atoms. The number of aromatic nitrogens is 5. The molecular weight excluding hydrogens is 404 g/mol. The number of pyridine rings is 1. The van der Waals surface area contributed by atoms with Crippen LogP contribution in [-0.4, -0.2) is 36.5 Å². The summed E-state index contributed by atoms with van der Waals surface area (Å²) in [5.41, 5.74) is 1.81. The average Bonchev–Trinajstić information content (AvgIpc) is 3.24. The van der Waals surface area contributed by atoms with Gasteiger partial charge in [-0.2, -0.15) is 4.98 Å². The maximum atomic E-state index is 13.1. The molecule has 7 rings (SSSR count). The first-order valence-electron chi connectivity index (χ1n) is 11.3. The van der Waals surface area contributed by atoms with E-state index in [1.54, 1.807) is 25.4 Å². The van der Waals surface area contributed by atoms with Crippen molar-refractivity contribution < 1.29 is 9.32 Å². The lowest BCUT2D eigenvalue weighted by molar-refractivity contribution is -0.0489. The highest BCUT2D eigenvalue weighted by Crippen LogP contribution is 2.62. The van der Waals surface area contributed by atoms with E-state index in [2.05, 4.69) is 25.4 Å². The van der Waals surface area contributed by atoms with E-state index in [4.69, 9.17) is 9.51 Å². The van der Waals surface area contributed by atoms with Gasteiger partial charge in [0, 0.05) is 29.2 Å². The molecule has 1 amide bonds. The molecule has 4 aliphatic carbocycles. The van der Waals surface area contributed by atoms with Crippen molar-refractivity contribution in [1.29, 1.82) is 0 Å². The van der Waals surface area contributed by atoms with Crippen molar-refractivity contribution in [1.82, 2.24) is 30.4 Å². The summed E-state index contributed by atoms with van der Waals surface area (Å²) in [6.45, 7) is 3.75. The highest BCUT2D eigenvalue weighted by Gasteiger charge is 2.61. The summed E-state index contributed by atoms with van der Waals surface area (Å²) in [5, 5.41) is 7.66. The predicted octanol–water partition coefficient (Wildman–Crippen LogP) is 3.56. The van der Waals surface area contributed by atoms with Gasteiger partial charge >= 0.3 is 0 Å². The van der Waals surface area contributed by atoms with Crippen molar-refractivity contribution in [3.05, 3.63) is 53.7 Å². The van der Waals surface area contributed by atoms with Crippen LogP contribution in [0.15, 0.2) is 35.1 Å². The van der Waals surface area contributed by atoms with Crippen molar-refractivity contribution in [2.75, 3.05) is 0 Å². The summed E-state index contributed by atoms with van der Waals surface area (Å²) in [7, 11) is 0. The molecule has 0 radical (unpaired) electrons. The molecule has 0 aromatic carbocycles. The molecule has 8 heteroatoms. The molecule has 32 heavy (non-hydrogen) atoms. The van der Waals surface area contributed by atoms with Gasteiger partial charge in [-0.15, -0.1) is 0 Å². The van der Waals surface area contributed by atoms with Crippen LogP contribution in [0.3, 0.4) is 0 Å². The Morgan fingerprint density at radius 3 is 2.59 bits per heavy atom. The zero-order valence-corrected chi connectivity index (χ0v) is 18.3. The summed E-state index contributed by atoms with van der Waals surface area (Å²) in [6, 6.07) is 5.61. The van der Waals surface area contributed by atoms with Gasteiger partial charge < -0.3 is 9.84 Å². The van der Waals surface area contributed by atoms with E-state index in [1.807, 2.05) is 19.1 Å². The number of rotatable bonds is 4. The Balaban J connectivity index is 1.30. The van der Waals surface area contributed by atoms with Crippen LogP contribution < -0.4 is 5.32 Å². The molecule has 2 unspecified atom stereocenters. The van der Waals surface area contributed by atoms with Crippen LogP contribution in [0.5, 0.6) is 0 Å². The minimum Gasteiger partial charge on any atom is -0.345 e. The molecule has 3 aromatic heterocycles. The summed E-state index contributed by atoms with van der Waals surface area (Å²) in [5.74, 6) is 2.88. The normalized spacial score (nSPS) is 30.4.